The van der Waals surface area contributed by atoms with E-state index in [1.807, 2.05) is 6.20 Å². The number of rotatable bonds is 7. The number of cyclic esters (lactones) is 1. The Hall–Kier alpha value is -4.37. The second-order valence-corrected chi connectivity index (χ2v) is 20.9. The Labute approximate surface area is 368 Å². The van der Waals surface area contributed by atoms with E-state index in [1.54, 1.807) is 23.5 Å². The van der Waals surface area contributed by atoms with Gasteiger partial charge in [-0.15, -0.1) is 11.3 Å². The van der Waals surface area contributed by atoms with Crippen molar-refractivity contribution in [3.8, 4) is 22.5 Å². The summed E-state index contributed by atoms with van der Waals surface area (Å²) in [5.74, 6) is -0.0805. The molecule has 4 aromatic rings. The normalized spacial score (nSPS) is 28.5. The molecule has 3 aromatic heterocycles. The zero-order valence-electron chi connectivity index (χ0n) is 37.3. The Morgan fingerprint density at radius 1 is 1.13 bits per heavy atom. The number of fused-ring (bicyclic) bond motifs is 9. The second kappa shape index (κ2) is 15.7. The van der Waals surface area contributed by atoms with Crippen molar-refractivity contribution in [3.05, 3.63) is 52.1 Å². The van der Waals surface area contributed by atoms with Crippen LogP contribution in [0.5, 0.6) is 0 Å². The summed E-state index contributed by atoms with van der Waals surface area (Å²) >= 11 is 1.58. The number of hydrazine groups is 1. The summed E-state index contributed by atoms with van der Waals surface area (Å²) in [6.45, 7) is 15.9. The number of hydrogen-bond acceptors (Lipinski definition) is 11. The van der Waals surface area contributed by atoms with Gasteiger partial charge in [-0.2, -0.15) is 0 Å². The van der Waals surface area contributed by atoms with E-state index >= 15 is 0 Å². The number of anilines is 1. The molecule has 62 heavy (non-hydrogen) atoms. The van der Waals surface area contributed by atoms with E-state index < -0.39 is 22.9 Å². The predicted molar refractivity (Wildman–Crippen MR) is 240 cm³/mol. The molecule has 3 saturated carbocycles. The van der Waals surface area contributed by atoms with Crippen LogP contribution in [-0.4, -0.2) is 108 Å². The first-order valence-electron chi connectivity index (χ1n) is 22.9. The van der Waals surface area contributed by atoms with Gasteiger partial charge in [0, 0.05) is 85.1 Å². The molecule has 2 amide bonds. The van der Waals surface area contributed by atoms with Gasteiger partial charge in [0.1, 0.15) is 17.1 Å². The zero-order chi connectivity index (χ0) is 43.2. The summed E-state index contributed by atoms with van der Waals surface area (Å²) in [6.07, 6.45) is 6.48. The number of nitrogens with zero attached hydrogens (tertiary/aromatic N) is 6. The Morgan fingerprint density at radius 3 is 2.60 bits per heavy atom. The van der Waals surface area contributed by atoms with Gasteiger partial charge >= 0.3 is 5.97 Å². The highest BCUT2D eigenvalue weighted by Crippen LogP contribution is 2.51. The fraction of sp³-hybridized carbons (Fsp3) is 0.604. The van der Waals surface area contributed by atoms with Crippen LogP contribution >= 0.6 is 11.3 Å². The van der Waals surface area contributed by atoms with Crippen LogP contribution < -0.4 is 15.6 Å². The van der Waals surface area contributed by atoms with Crippen LogP contribution in [0.25, 0.3) is 33.4 Å². The van der Waals surface area contributed by atoms with Gasteiger partial charge < -0.3 is 29.2 Å². The second-order valence-electron chi connectivity index (χ2n) is 20.1. The van der Waals surface area contributed by atoms with Crippen LogP contribution in [-0.2, 0) is 42.2 Å². The number of carbonyl (C=O) groups excluding carboxylic acids is 3. The van der Waals surface area contributed by atoms with Gasteiger partial charge in [0.2, 0.25) is 5.91 Å². The predicted octanol–water partition coefficient (Wildman–Crippen LogP) is 6.35. The van der Waals surface area contributed by atoms with Gasteiger partial charge in [0.05, 0.1) is 47.1 Å². The highest BCUT2D eigenvalue weighted by molar-refractivity contribution is 7.10. The van der Waals surface area contributed by atoms with E-state index in [0.29, 0.717) is 18.9 Å². The minimum Gasteiger partial charge on any atom is -0.464 e. The van der Waals surface area contributed by atoms with Gasteiger partial charge in [0.25, 0.3) is 5.91 Å². The number of esters is 1. The van der Waals surface area contributed by atoms with Crippen LogP contribution in [0, 0.1) is 29.1 Å². The number of pyridine rings is 1. The van der Waals surface area contributed by atoms with Crippen LogP contribution in [0.2, 0.25) is 0 Å². The first kappa shape index (κ1) is 41.6. The minimum absolute atomic E-state index is 0.0675. The quantitative estimate of drug-likeness (QED) is 0.203. The molecule has 13 nitrogen and oxygen atoms in total. The molecule has 6 heterocycles. The third-order valence-corrected chi connectivity index (χ3v) is 16.2. The Bertz CT molecular complexity index is 2410. The van der Waals surface area contributed by atoms with E-state index in [2.05, 4.69) is 96.4 Å². The number of carbonyl (C=O) groups is 3. The lowest BCUT2D eigenvalue weighted by Gasteiger charge is -2.47. The van der Waals surface area contributed by atoms with Gasteiger partial charge in [0.15, 0.2) is 0 Å². The van der Waals surface area contributed by atoms with E-state index in [0.717, 1.165) is 115 Å². The van der Waals surface area contributed by atoms with Crippen molar-refractivity contribution < 1.29 is 23.9 Å². The molecule has 7 atom stereocenters. The fourth-order valence-corrected chi connectivity index (χ4v) is 11.9. The first-order valence-corrected chi connectivity index (χ1v) is 23.8. The molecular formula is C48H62N8O5S. The highest BCUT2D eigenvalue weighted by atomic mass is 32.1. The molecular weight excluding hydrogens is 801 g/mol. The number of piperazine rings is 1. The fourth-order valence-electron chi connectivity index (χ4n) is 10.8. The molecule has 6 bridgehead atoms. The van der Waals surface area contributed by atoms with E-state index in [-0.39, 0.29) is 48.2 Å². The standard InChI is InChI=1S/C48H62N8O5S/c1-8-55-38-11-10-29-19-34(38)36(41(55)35-21-31(23-49-39(35)28(3)60-7)54-16-14-53(6)15-17-54)22-47(4,5)26-61-45(59)40-33-20-30(33)24-56(52-40)44(58)42(51-43(57)32-18-27(32)2)48(12-9-13-48)46-50-37(29)25-62-46/h10-11,19,21,23,25,27-28,30,32-33,40,42,52H,8-9,12-18,20,22,24,26H2,1-7H3,(H,51,57). The monoisotopic (exact) mass is 862 g/mol. The van der Waals surface area contributed by atoms with Crippen molar-refractivity contribution in [2.75, 3.05) is 58.4 Å². The Morgan fingerprint density at radius 2 is 1.90 bits per heavy atom. The van der Waals surface area contributed by atoms with Gasteiger partial charge in [-0.05, 0) is 94.5 Å². The molecule has 1 aromatic carbocycles. The number of likely N-dealkylation sites (N-methyl/N-ethyl adjacent to an activating group) is 1. The maximum Gasteiger partial charge on any atom is 0.325 e. The molecule has 1 spiro atoms. The largest absolute Gasteiger partial charge is 0.464 e. The number of aryl methyl sites for hydroxylation is 1. The van der Waals surface area contributed by atoms with E-state index in [4.69, 9.17) is 19.4 Å². The molecule has 2 saturated heterocycles. The maximum absolute atomic E-state index is 14.9. The summed E-state index contributed by atoms with van der Waals surface area (Å²) < 4.78 is 14.7. The Kier molecular flexibility index (Phi) is 10.5. The topological polar surface area (TPSA) is 134 Å². The minimum atomic E-state index is -0.804. The molecule has 5 fully saturated rings. The van der Waals surface area contributed by atoms with Gasteiger partial charge in [-0.25, -0.2) is 10.4 Å². The van der Waals surface area contributed by atoms with Crippen molar-refractivity contribution in [1.29, 1.82) is 0 Å². The van der Waals surface area contributed by atoms with E-state index in [1.165, 1.54) is 5.56 Å². The zero-order valence-corrected chi connectivity index (χ0v) is 38.1. The number of hydrogen-bond donors (Lipinski definition) is 2. The Balaban J connectivity index is 1.13. The molecule has 2 N–H and O–H groups in total. The molecule has 7 unspecified atom stereocenters. The molecule has 0 radical (unpaired) electrons. The molecule has 330 valence electrons. The lowest BCUT2D eigenvalue weighted by Crippen LogP contribution is -2.66. The van der Waals surface area contributed by atoms with Crippen LogP contribution in [0.3, 0.4) is 0 Å². The van der Waals surface area contributed by atoms with Crippen LogP contribution in [0.15, 0.2) is 35.8 Å². The molecule has 3 aliphatic heterocycles. The lowest BCUT2D eigenvalue weighted by atomic mass is 9.63. The smallest absolute Gasteiger partial charge is 0.325 e. The number of thiazole rings is 1. The number of nitrogens with one attached hydrogen (secondary N) is 2. The number of benzene rings is 1. The number of methoxy groups -OCH3 is 1. The van der Waals surface area contributed by atoms with Crippen molar-refractivity contribution >= 4 is 45.7 Å². The maximum atomic E-state index is 14.9. The molecule has 3 aliphatic carbocycles. The van der Waals surface area contributed by atoms with Gasteiger partial charge in [-0.3, -0.25) is 24.4 Å². The van der Waals surface area contributed by atoms with Crippen molar-refractivity contribution in [3.63, 3.8) is 0 Å². The molecule has 14 heteroatoms. The number of amides is 2. The van der Waals surface area contributed by atoms with Crippen molar-refractivity contribution in [2.45, 2.75) is 103 Å². The summed E-state index contributed by atoms with van der Waals surface area (Å²) in [5.41, 5.74) is 10.5. The number of aromatic nitrogens is 3. The lowest BCUT2D eigenvalue weighted by molar-refractivity contribution is -0.157. The molecule has 10 rings (SSSR count). The SMILES string of the molecule is CCn1c(-c2cc(N3CCN(C)CC3)cnc2C(C)OC)c2c3cc(ccc31)-c1csc(n1)C1(CCC1)C(NC(=O)C1CC1C)C(=O)N1CC3CC3C(N1)C(=O)OCC(C)(C)C2. The third kappa shape index (κ3) is 7.22. The van der Waals surface area contributed by atoms with Crippen LogP contribution in [0.4, 0.5) is 5.69 Å². The third-order valence-electron chi connectivity index (χ3n) is 15.2. The summed E-state index contributed by atoms with van der Waals surface area (Å²) in [4.78, 5) is 58.2. The van der Waals surface area contributed by atoms with E-state index in [9.17, 15) is 14.4 Å². The number of ether oxygens (including phenoxy) is 2. The van der Waals surface area contributed by atoms with Crippen molar-refractivity contribution in [1.82, 2.24) is 35.2 Å². The first-order chi connectivity index (χ1) is 29.8. The highest BCUT2D eigenvalue weighted by Gasteiger charge is 2.58. The van der Waals surface area contributed by atoms with Crippen molar-refractivity contribution in [2.24, 2.45) is 29.1 Å². The average Bonchev–Trinajstić information content (AvgIpc) is 4.12. The summed E-state index contributed by atoms with van der Waals surface area (Å²) in [7, 11) is 3.91. The summed E-state index contributed by atoms with van der Waals surface area (Å²) in [5, 5.41) is 9.03. The summed E-state index contributed by atoms with van der Waals surface area (Å²) in [6, 6.07) is 7.54. The van der Waals surface area contributed by atoms with Crippen LogP contribution in [0.1, 0.15) is 89.1 Å². The average molecular weight is 863 g/mol. The van der Waals surface area contributed by atoms with Gasteiger partial charge in [-0.1, -0.05) is 33.3 Å². The molecule has 6 aliphatic rings.